The summed E-state index contributed by atoms with van der Waals surface area (Å²) in [6.07, 6.45) is 1.63. The van der Waals surface area contributed by atoms with Crippen molar-refractivity contribution >= 4 is 62.1 Å². The molecule has 0 amide bonds. The smallest absolute Gasteiger partial charge is 0.535 e. The molecule has 6 heteroatoms. The number of furan rings is 1. The van der Waals surface area contributed by atoms with E-state index >= 15 is 0 Å². The Morgan fingerprint density at radius 2 is 1.38 bits per heavy atom. The summed E-state index contributed by atoms with van der Waals surface area (Å²) in [7, 11) is 0.665. The van der Waals surface area contributed by atoms with Crippen LogP contribution in [0.4, 0.5) is 0 Å². The summed E-state index contributed by atoms with van der Waals surface area (Å²) in [6.45, 7) is 0. The summed E-state index contributed by atoms with van der Waals surface area (Å²) in [4.78, 5) is 9.53. The van der Waals surface area contributed by atoms with Crippen LogP contribution in [-0.4, -0.2) is 22.7 Å². The first-order valence-corrected chi connectivity index (χ1v) is 11.0. The number of hydrogen-bond acceptors (Lipinski definition) is 5. The van der Waals surface area contributed by atoms with E-state index in [0.29, 0.717) is 19.0 Å². The van der Waals surface area contributed by atoms with Gasteiger partial charge in [0.2, 0.25) is 0 Å². The first-order chi connectivity index (χ1) is 16.8. The van der Waals surface area contributed by atoms with Gasteiger partial charge in [-0.1, -0.05) is 72.8 Å². The van der Waals surface area contributed by atoms with Crippen LogP contribution in [0.25, 0.3) is 65.6 Å². The fraction of sp³-hybridized carbons (Fsp3) is 0. The minimum absolute atomic E-state index is 0.450. The molecule has 1 radical (unpaired) electrons. The third kappa shape index (κ3) is 2.60. The van der Waals surface area contributed by atoms with Crippen molar-refractivity contribution in [3.05, 3.63) is 91.3 Å². The summed E-state index contributed by atoms with van der Waals surface area (Å²) >= 11 is 0. The maximum atomic E-state index is 9.19. The highest BCUT2D eigenvalue weighted by Gasteiger charge is 2.20. The molecule has 0 aliphatic carbocycles. The van der Waals surface area contributed by atoms with E-state index in [-0.39, 0.29) is 0 Å². The Morgan fingerprint density at radius 1 is 0.676 bits per heavy atom. The second-order valence-corrected chi connectivity index (χ2v) is 8.17. The number of para-hydroxylation sites is 1. The predicted molar refractivity (Wildman–Crippen MR) is 136 cm³/mol. The van der Waals surface area contributed by atoms with E-state index in [1.807, 2.05) is 30.3 Å². The van der Waals surface area contributed by atoms with E-state index in [0.717, 1.165) is 49.3 Å². The van der Waals surface area contributed by atoms with Crippen LogP contribution in [0.2, 0.25) is 0 Å². The molecule has 2 aromatic heterocycles. The number of benzene rings is 5. The van der Waals surface area contributed by atoms with E-state index in [1.54, 1.807) is 12.4 Å². The molecule has 7 rings (SSSR count). The van der Waals surface area contributed by atoms with Crippen LogP contribution in [0.3, 0.4) is 0 Å². The van der Waals surface area contributed by atoms with Crippen molar-refractivity contribution in [3.8, 4) is 17.0 Å². The molecule has 7 aromatic rings. The second-order valence-electron chi connectivity index (χ2n) is 8.17. The molecule has 159 valence electrons. The van der Waals surface area contributed by atoms with Gasteiger partial charge < -0.3 is 14.1 Å². The number of nitrogens with zero attached hydrogens (tertiary/aromatic N) is 2. The monoisotopic (exact) mass is 439 g/mol. The molecule has 0 atom stereocenters. The third-order valence-electron chi connectivity index (χ3n) is 6.44. The summed E-state index contributed by atoms with van der Waals surface area (Å²) in [5, 5.41) is 16.6. The third-order valence-corrected chi connectivity index (χ3v) is 6.44. The van der Waals surface area contributed by atoms with E-state index < -0.39 is 0 Å². The number of aromatic nitrogens is 2. The van der Waals surface area contributed by atoms with Gasteiger partial charge in [0.05, 0.1) is 11.2 Å². The minimum Gasteiger partial charge on any atom is -0.535 e. The molecule has 2 heterocycles. The Morgan fingerprint density at radius 3 is 2.21 bits per heavy atom. The van der Waals surface area contributed by atoms with Crippen LogP contribution in [0.15, 0.2) is 95.7 Å². The average molecular weight is 439 g/mol. The molecule has 0 bridgehead atoms. The zero-order chi connectivity index (χ0) is 22.6. The molecule has 0 aliphatic rings. The van der Waals surface area contributed by atoms with Gasteiger partial charge in [0, 0.05) is 27.1 Å². The summed E-state index contributed by atoms with van der Waals surface area (Å²) in [6, 6.07) is 28.4. The molecule has 0 saturated heterocycles. The standard InChI is InChI=1S/C28H16BN2O3/c32-29-34-23-14-6-12-21-24-20(11-5-13-22(24)33-28(21)23)27-25-18-9-3-1-7-16(18)17-8-2-4-10-19(17)26(25)30-15-31-27/h1-15,32H. The van der Waals surface area contributed by atoms with Crippen LogP contribution >= 0.6 is 0 Å². The van der Waals surface area contributed by atoms with Gasteiger partial charge in [-0.05, 0) is 28.3 Å². The summed E-state index contributed by atoms with van der Waals surface area (Å²) in [5.41, 5.74) is 4.01. The Balaban J connectivity index is 1.67. The first kappa shape index (κ1) is 19.1. The molecule has 34 heavy (non-hydrogen) atoms. The maximum absolute atomic E-state index is 9.19. The van der Waals surface area contributed by atoms with Gasteiger partial charge in [0.25, 0.3) is 0 Å². The number of hydrogen-bond donors (Lipinski definition) is 1. The van der Waals surface area contributed by atoms with Crippen molar-refractivity contribution in [1.82, 2.24) is 9.97 Å². The molecular formula is C28H16BN2O3. The molecule has 5 aromatic carbocycles. The van der Waals surface area contributed by atoms with Crippen LogP contribution in [0.5, 0.6) is 5.75 Å². The van der Waals surface area contributed by atoms with Crippen molar-refractivity contribution in [1.29, 1.82) is 0 Å². The van der Waals surface area contributed by atoms with Crippen LogP contribution in [0, 0.1) is 0 Å². The van der Waals surface area contributed by atoms with E-state index in [2.05, 4.69) is 48.5 Å². The van der Waals surface area contributed by atoms with Crippen molar-refractivity contribution in [2.24, 2.45) is 0 Å². The Kier molecular flexibility index (Phi) is 4.10. The van der Waals surface area contributed by atoms with Crippen molar-refractivity contribution in [2.45, 2.75) is 0 Å². The van der Waals surface area contributed by atoms with Crippen molar-refractivity contribution in [3.63, 3.8) is 0 Å². The molecule has 0 unspecified atom stereocenters. The lowest BCUT2D eigenvalue weighted by molar-refractivity contribution is 0.451. The normalized spacial score (nSPS) is 11.7. The summed E-state index contributed by atoms with van der Waals surface area (Å²) in [5.74, 6) is 0.450. The van der Waals surface area contributed by atoms with Crippen molar-refractivity contribution in [2.75, 3.05) is 0 Å². The van der Waals surface area contributed by atoms with Gasteiger partial charge in [0.1, 0.15) is 17.7 Å². The van der Waals surface area contributed by atoms with Crippen molar-refractivity contribution < 1.29 is 14.1 Å². The maximum Gasteiger partial charge on any atom is 0.569 e. The molecule has 1 N–H and O–H groups in total. The van der Waals surface area contributed by atoms with Gasteiger partial charge >= 0.3 is 7.69 Å². The van der Waals surface area contributed by atoms with Gasteiger partial charge in [-0.25, -0.2) is 9.97 Å². The lowest BCUT2D eigenvalue weighted by atomic mass is 9.93. The van der Waals surface area contributed by atoms with Crippen LogP contribution in [0.1, 0.15) is 0 Å². The minimum atomic E-state index is 0.450. The highest BCUT2D eigenvalue weighted by molar-refractivity contribution is 6.28. The molecule has 5 nitrogen and oxygen atoms in total. The molecular weight excluding hydrogens is 423 g/mol. The van der Waals surface area contributed by atoms with Crippen LogP contribution < -0.4 is 4.65 Å². The topological polar surface area (TPSA) is 68.4 Å². The SMILES string of the molecule is O[B]Oc1cccc2c1oc1cccc(-c3ncnc4c5ccccc5c5ccccc5c34)c12. The quantitative estimate of drug-likeness (QED) is 0.255. The van der Waals surface area contributed by atoms with E-state index in [4.69, 9.17) is 19.0 Å². The second kappa shape index (κ2) is 7.30. The average Bonchev–Trinajstić information content (AvgIpc) is 3.29. The zero-order valence-electron chi connectivity index (χ0n) is 17.9. The largest absolute Gasteiger partial charge is 0.569 e. The fourth-order valence-corrected chi connectivity index (χ4v) is 5.08. The van der Waals surface area contributed by atoms with Gasteiger partial charge in [-0.2, -0.15) is 0 Å². The molecule has 0 fully saturated rings. The molecule has 0 spiro atoms. The first-order valence-electron chi connectivity index (χ1n) is 11.0. The zero-order valence-corrected chi connectivity index (χ0v) is 17.9. The van der Waals surface area contributed by atoms with Gasteiger partial charge in [0.15, 0.2) is 5.58 Å². The fourth-order valence-electron chi connectivity index (χ4n) is 5.08. The highest BCUT2D eigenvalue weighted by atomic mass is 16.5. The number of rotatable bonds is 3. The lowest BCUT2D eigenvalue weighted by Gasteiger charge is -2.13. The summed E-state index contributed by atoms with van der Waals surface area (Å²) < 4.78 is 11.5. The Labute approximate surface area is 194 Å². The molecule has 0 aliphatic heterocycles. The highest BCUT2D eigenvalue weighted by Crippen LogP contribution is 2.43. The van der Waals surface area contributed by atoms with E-state index in [1.165, 1.54) is 10.8 Å². The van der Waals surface area contributed by atoms with Crippen LogP contribution in [-0.2, 0) is 0 Å². The van der Waals surface area contributed by atoms with Gasteiger partial charge in [-0.3, -0.25) is 0 Å². The Bertz CT molecular complexity index is 1850. The predicted octanol–water partition coefficient (Wildman–Crippen LogP) is 6.41. The van der Waals surface area contributed by atoms with Gasteiger partial charge in [-0.15, -0.1) is 0 Å². The number of fused-ring (bicyclic) bond motifs is 9. The lowest BCUT2D eigenvalue weighted by Crippen LogP contribution is -1.99. The Hall–Kier alpha value is -4.42. The van der Waals surface area contributed by atoms with E-state index in [9.17, 15) is 5.02 Å². The molecule has 0 saturated carbocycles.